The van der Waals surface area contributed by atoms with Crippen molar-refractivity contribution < 1.29 is 9.53 Å². The number of fused-ring (bicyclic) bond motifs is 2. The fourth-order valence-corrected chi connectivity index (χ4v) is 3.50. The zero-order valence-electron chi connectivity index (χ0n) is 12.8. The topological polar surface area (TPSA) is 41.6 Å². The number of ether oxygens (including phenoxy) is 1. The maximum absolute atomic E-state index is 12.4. The number of carbonyl (C=O) groups is 1. The minimum atomic E-state index is 0.0876. The molecule has 2 bridgehead atoms. The van der Waals surface area contributed by atoms with E-state index in [4.69, 9.17) is 4.74 Å². The molecule has 0 unspecified atom stereocenters. The zero-order valence-corrected chi connectivity index (χ0v) is 12.8. The van der Waals surface area contributed by atoms with Gasteiger partial charge in [0.15, 0.2) is 0 Å². The number of likely N-dealkylation sites (tertiary alicyclic amines) is 1. The molecule has 114 valence electrons. The standard InChI is InChI=1S/C16H28N2O2/c1-11(2)6-7-18-9-13-8-14(15(10-18)20-13)16(19)17-12-4-3-5-12/h11-15H,3-10H2,1-2H3,(H,17,19)/t13-,14+,15-/m1/s1. The molecule has 3 rings (SSSR count). The van der Waals surface area contributed by atoms with Gasteiger partial charge < -0.3 is 10.1 Å². The van der Waals surface area contributed by atoms with E-state index in [1.807, 2.05) is 0 Å². The Kier molecular flexibility index (Phi) is 4.32. The summed E-state index contributed by atoms with van der Waals surface area (Å²) in [4.78, 5) is 14.8. The molecular formula is C16H28N2O2. The minimum absolute atomic E-state index is 0.0876. The van der Waals surface area contributed by atoms with E-state index >= 15 is 0 Å². The van der Waals surface area contributed by atoms with Gasteiger partial charge in [0.25, 0.3) is 0 Å². The molecule has 1 saturated carbocycles. The van der Waals surface area contributed by atoms with E-state index in [-0.39, 0.29) is 24.0 Å². The Labute approximate surface area is 122 Å². The molecule has 4 nitrogen and oxygen atoms in total. The van der Waals surface area contributed by atoms with Crippen LogP contribution in [0.3, 0.4) is 0 Å². The summed E-state index contributed by atoms with van der Waals surface area (Å²) in [5, 5.41) is 3.20. The predicted molar refractivity (Wildman–Crippen MR) is 78.4 cm³/mol. The quantitative estimate of drug-likeness (QED) is 0.835. The van der Waals surface area contributed by atoms with Crippen LogP contribution in [-0.4, -0.2) is 48.7 Å². The van der Waals surface area contributed by atoms with Crippen molar-refractivity contribution in [2.24, 2.45) is 11.8 Å². The number of nitrogens with zero attached hydrogens (tertiary/aromatic N) is 1. The largest absolute Gasteiger partial charge is 0.371 e. The molecule has 2 saturated heterocycles. The summed E-state index contributed by atoms with van der Waals surface area (Å²) in [6.45, 7) is 7.63. The summed E-state index contributed by atoms with van der Waals surface area (Å²) in [6, 6.07) is 0.444. The van der Waals surface area contributed by atoms with Crippen LogP contribution in [0.5, 0.6) is 0 Å². The van der Waals surface area contributed by atoms with E-state index in [1.165, 1.54) is 12.8 Å². The van der Waals surface area contributed by atoms with Gasteiger partial charge in [0.05, 0.1) is 18.1 Å². The van der Waals surface area contributed by atoms with Gasteiger partial charge in [-0.2, -0.15) is 0 Å². The molecule has 0 radical (unpaired) electrons. The lowest BCUT2D eigenvalue weighted by atomic mass is 9.91. The van der Waals surface area contributed by atoms with Crippen molar-refractivity contribution in [2.45, 2.75) is 64.2 Å². The molecule has 1 amide bonds. The normalized spacial score (nSPS) is 34.2. The van der Waals surface area contributed by atoms with Crippen LogP contribution in [0.2, 0.25) is 0 Å². The second-order valence-corrected chi connectivity index (χ2v) is 7.22. The third kappa shape index (κ3) is 3.17. The van der Waals surface area contributed by atoms with E-state index in [0.717, 1.165) is 44.8 Å². The van der Waals surface area contributed by atoms with Crippen molar-refractivity contribution >= 4 is 5.91 Å². The van der Waals surface area contributed by atoms with Crippen LogP contribution in [0.25, 0.3) is 0 Å². The molecule has 3 aliphatic rings. The number of rotatable bonds is 5. The van der Waals surface area contributed by atoms with E-state index in [2.05, 4.69) is 24.1 Å². The first kappa shape index (κ1) is 14.3. The molecule has 4 heteroatoms. The second-order valence-electron chi connectivity index (χ2n) is 7.22. The van der Waals surface area contributed by atoms with Gasteiger partial charge in [0.2, 0.25) is 5.91 Å². The van der Waals surface area contributed by atoms with E-state index in [0.29, 0.717) is 6.04 Å². The predicted octanol–water partition coefficient (Wildman–Crippen LogP) is 1.79. The van der Waals surface area contributed by atoms with Gasteiger partial charge in [0, 0.05) is 19.1 Å². The molecule has 2 heterocycles. The monoisotopic (exact) mass is 280 g/mol. The van der Waals surface area contributed by atoms with E-state index < -0.39 is 0 Å². The molecule has 0 aromatic carbocycles. The lowest BCUT2D eigenvalue weighted by Gasteiger charge is -2.33. The molecular weight excluding hydrogens is 252 g/mol. The smallest absolute Gasteiger partial charge is 0.226 e. The van der Waals surface area contributed by atoms with Crippen LogP contribution in [0.15, 0.2) is 0 Å². The van der Waals surface area contributed by atoms with Crippen LogP contribution >= 0.6 is 0 Å². The van der Waals surface area contributed by atoms with Crippen molar-refractivity contribution in [2.75, 3.05) is 19.6 Å². The summed E-state index contributed by atoms with van der Waals surface area (Å²) in [7, 11) is 0. The van der Waals surface area contributed by atoms with Crippen molar-refractivity contribution in [1.82, 2.24) is 10.2 Å². The number of hydrogen-bond acceptors (Lipinski definition) is 3. The van der Waals surface area contributed by atoms with Crippen LogP contribution in [0, 0.1) is 11.8 Å². The zero-order chi connectivity index (χ0) is 14.1. The van der Waals surface area contributed by atoms with Crippen LogP contribution in [0.4, 0.5) is 0 Å². The first-order chi connectivity index (χ1) is 9.61. The van der Waals surface area contributed by atoms with Gasteiger partial charge in [-0.25, -0.2) is 0 Å². The van der Waals surface area contributed by atoms with Crippen molar-refractivity contribution in [3.05, 3.63) is 0 Å². The molecule has 1 aliphatic carbocycles. The van der Waals surface area contributed by atoms with Crippen LogP contribution < -0.4 is 5.32 Å². The van der Waals surface area contributed by atoms with Gasteiger partial charge >= 0.3 is 0 Å². The van der Waals surface area contributed by atoms with Gasteiger partial charge in [-0.3, -0.25) is 9.69 Å². The average Bonchev–Trinajstić information content (AvgIpc) is 2.66. The number of amides is 1. The van der Waals surface area contributed by atoms with Gasteiger partial charge in [-0.05, 0) is 44.6 Å². The Morgan fingerprint density at radius 2 is 2.15 bits per heavy atom. The highest BCUT2D eigenvalue weighted by atomic mass is 16.5. The maximum Gasteiger partial charge on any atom is 0.226 e. The number of nitrogens with one attached hydrogen (secondary N) is 1. The summed E-state index contributed by atoms with van der Waals surface area (Å²) in [5.41, 5.74) is 0. The Morgan fingerprint density at radius 3 is 2.80 bits per heavy atom. The molecule has 3 atom stereocenters. The fourth-order valence-electron chi connectivity index (χ4n) is 3.50. The first-order valence-electron chi connectivity index (χ1n) is 8.30. The highest BCUT2D eigenvalue weighted by Gasteiger charge is 2.44. The SMILES string of the molecule is CC(C)CCN1C[C@H]2C[C@H](C(=O)NC3CCC3)[C@@H](C1)O2. The molecule has 1 N–H and O–H groups in total. The van der Waals surface area contributed by atoms with Crippen LogP contribution in [0.1, 0.15) is 46.0 Å². The van der Waals surface area contributed by atoms with Gasteiger partial charge in [-0.1, -0.05) is 13.8 Å². The highest BCUT2D eigenvalue weighted by molar-refractivity contribution is 5.80. The lowest BCUT2D eigenvalue weighted by Crippen LogP contribution is -2.48. The Balaban J connectivity index is 1.51. The number of hydrogen-bond donors (Lipinski definition) is 1. The molecule has 0 aromatic heterocycles. The van der Waals surface area contributed by atoms with Crippen molar-refractivity contribution in [1.29, 1.82) is 0 Å². The summed E-state index contributed by atoms with van der Waals surface area (Å²) >= 11 is 0. The molecule has 2 aliphatic heterocycles. The van der Waals surface area contributed by atoms with Crippen molar-refractivity contribution in [3.8, 4) is 0 Å². The Morgan fingerprint density at radius 1 is 1.35 bits per heavy atom. The second kappa shape index (κ2) is 6.02. The summed E-state index contributed by atoms with van der Waals surface area (Å²) < 4.78 is 6.00. The first-order valence-corrected chi connectivity index (χ1v) is 8.30. The van der Waals surface area contributed by atoms with Crippen molar-refractivity contribution in [3.63, 3.8) is 0 Å². The molecule has 3 fully saturated rings. The van der Waals surface area contributed by atoms with Gasteiger partial charge in [-0.15, -0.1) is 0 Å². The van der Waals surface area contributed by atoms with Gasteiger partial charge in [0.1, 0.15) is 0 Å². The third-order valence-corrected chi connectivity index (χ3v) is 5.04. The minimum Gasteiger partial charge on any atom is -0.371 e. The number of morpholine rings is 1. The average molecular weight is 280 g/mol. The lowest BCUT2D eigenvalue weighted by molar-refractivity contribution is -0.129. The molecule has 0 aromatic rings. The Hall–Kier alpha value is -0.610. The van der Waals surface area contributed by atoms with E-state index in [9.17, 15) is 4.79 Å². The molecule has 20 heavy (non-hydrogen) atoms. The molecule has 0 spiro atoms. The fraction of sp³-hybridized carbons (Fsp3) is 0.938. The number of carbonyl (C=O) groups excluding carboxylic acids is 1. The maximum atomic E-state index is 12.4. The third-order valence-electron chi connectivity index (χ3n) is 5.04. The summed E-state index contributed by atoms with van der Waals surface area (Å²) in [6.07, 6.45) is 6.14. The Bertz CT molecular complexity index is 354. The van der Waals surface area contributed by atoms with E-state index in [1.54, 1.807) is 0 Å². The highest BCUT2D eigenvalue weighted by Crippen LogP contribution is 2.33. The van der Waals surface area contributed by atoms with Crippen LogP contribution in [-0.2, 0) is 9.53 Å². The summed E-state index contributed by atoms with van der Waals surface area (Å²) in [5.74, 6) is 1.07.